The molecule has 1 aromatic heterocycles. The van der Waals surface area contributed by atoms with E-state index in [0.29, 0.717) is 59.3 Å². The predicted molar refractivity (Wildman–Crippen MR) is 265 cm³/mol. The van der Waals surface area contributed by atoms with E-state index in [1.165, 1.54) is 14.2 Å². The van der Waals surface area contributed by atoms with Crippen molar-refractivity contribution in [3.8, 4) is 51.2 Å². The number of hydrogen-bond acceptors (Lipinski definition) is 12. The second-order valence-electron chi connectivity index (χ2n) is 15.5. The van der Waals surface area contributed by atoms with E-state index in [-0.39, 0.29) is 29.3 Å². The molecule has 5 aromatic carbocycles. The van der Waals surface area contributed by atoms with Crippen LogP contribution in [0.1, 0.15) is 22.3 Å². The number of hydrogen-bond donors (Lipinski definition) is 6. The van der Waals surface area contributed by atoms with E-state index in [1.807, 2.05) is 84.9 Å². The van der Waals surface area contributed by atoms with Crippen molar-refractivity contribution in [1.82, 2.24) is 20.6 Å². The minimum absolute atomic E-state index is 0.130. The molecule has 0 aliphatic rings. The maximum Gasteiger partial charge on any atom is 0.500 e. The zero-order valence-corrected chi connectivity index (χ0v) is 41.6. The first-order valence-electron chi connectivity index (χ1n) is 21.7. The Morgan fingerprint density at radius 1 is 0.529 bits per heavy atom. The van der Waals surface area contributed by atoms with Crippen molar-refractivity contribution in [2.45, 2.75) is 38.0 Å². The highest BCUT2D eigenvalue weighted by atomic mass is 28.4. The Bertz CT molecular complexity index is 2380. The first-order chi connectivity index (χ1) is 32.9. The van der Waals surface area contributed by atoms with Crippen molar-refractivity contribution in [3.05, 3.63) is 131 Å². The van der Waals surface area contributed by atoms with Gasteiger partial charge < -0.3 is 67.4 Å². The van der Waals surface area contributed by atoms with Gasteiger partial charge in [0.2, 0.25) is 5.75 Å². The van der Waals surface area contributed by atoms with Gasteiger partial charge in [-0.3, -0.25) is 0 Å². The van der Waals surface area contributed by atoms with Crippen LogP contribution in [0, 0.1) is 0 Å². The lowest BCUT2D eigenvalue weighted by Crippen LogP contribution is -2.43. The van der Waals surface area contributed by atoms with Crippen LogP contribution >= 0.6 is 0 Å². The Morgan fingerprint density at radius 2 is 0.912 bits per heavy atom. The highest BCUT2D eigenvalue weighted by molar-refractivity contribution is 6.61. The number of benzene rings is 5. The number of aryl methyl sites for hydroxylation is 2. The second-order valence-corrected chi connectivity index (χ2v) is 21.7. The zero-order chi connectivity index (χ0) is 48.7. The molecule has 0 unspecified atom stereocenters. The normalized spacial score (nSPS) is 11.5. The zero-order valence-electron chi connectivity index (χ0n) is 39.6. The minimum atomic E-state index is -2.67. The molecule has 0 bridgehead atoms. The number of phenolic OH excluding ortho intramolecular Hbond substituents is 1. The third-order valence-corrected chi connectivity index (χ3v) is 17.0. The Morgan fingerprint density at radius 3 is 1.29 bits per heavy atom. The average molecular weight is 965 g/mol. The van der Waals surface area contributed by atoms with Gasteiger partial charge >= 0.3 is 29.7 Å². The summed E-state index contributed by atoms with van der Waals surface area (Å²) in [5.74, 6) is 0.794. The lowest BCUT2D eigenvalue weighted by Gasteiger charge is -2.24. The SMILES string of the molecule is COc1cc(-c2nc(-c3ccc(NC(=O)NCc4ccc(CC[Si](OC)(OC)OC)cc4)cc3)c(-c3ccc(NC(=O)NCc4ccc(CC[Si](OC)(OC)OC)cc4)cc3)[nH]2)cc(OC)c1O. The van der Waals surface area contributed by atoms with Gasteiger partial charge in [-0.1, -0.05) is 72.8 Å². The number of carbonyl (C=O) groups excluding carboxylic acids is 2. The van der Waals surface area contributed by atoms with Crippen molar-refractivity contribution in [2.24, 2.45) is 0 Å². The molecule has 0 saturated carbocycles. The molecule has 19 heteroatoms. The number of H-pyrrole nitrogens is 1. The van der Waals surface area contributed by atoms with E-state index in [9.17, 15) is 14.7 Å². The summed E-state index contributed by atoms with van der Waals surface area (Å²) in [6.45, 7) is 0.669. The van der Waals surface area contributed by atoms with Gasteiger partial charge in [0.25, 0.3) is 0 Å². The number of phenols is 1. The number of anilines is 2. The van der Waals surface area contributed by atoms with E-state index in [1.54, 1.807) is 66.9 Å². The number of rotatable bonds is 23. The van der Waals surface area contributed by atoms with Gasteiger partial charge in [-0.25, -0.2) is 14.6 Å². The lowest BCUT2D eigenvalue weighted by atomic mass is 10.0. The van der Waals surface area contributed by atoms with Gasteiger partial charge in [-0.15, -0.1) is 0 Å². The van der Waals surface area contributed by atoms with Crippen LogP contribution in [0.15, 0.2) is 109 Å². The fraction of sp³-hybridized carbons (Fsp3) is 0.286. The number of amides is 4. The summed E-state index contributed by atoms with van der Waals surface area (Å²) < 4.78 is 44.0. The molecule has 0 aliphatic heterocycles. The van der Waals surface area contributed by atoms with Gasteiger partial charge in [0.15, 0.2) is 11.5 Å². The van der Waals surface area contributed by atoms with Crippen molar-refractivity contribution in [2.75, 3.05) is 67.5 Å². The van der Waals surface area contributed by atoms with Crippen LogP contribution in [0.25, 0.3) is 33.9 Å². The van der Waals surface area contributed by atoms with Crippen molar-refractivity contribution in [3.63, 3.8) is 0 Å². The van der Waals surface area contributed by atoms with E-state index in [0.717, 1.165) is 46.2 Å². The van der Waals surface area contributed by atoms with E-state index < -0.39 is 17.6 Å². The molecule has 6 rings (SSSR count). The molecule has 0 radical (unpaired) electrons. The van der Waals surface area contributed by atoms with Crippen LogP contribution in [0.5, 0.6) is 17.2 Å². The fourth-order valence-corrected chi connectivity index (χ4v) is 10.9. The Kier molecular flexibility index (Phi) is 17.9. The highest BCUT2D eigenvalue weighted by Crippen LogP contribution is 2.41. The lowest BCUT2D eigenvalue weighted by molar-refractivity contribution is 0.123. The highest BCUT2D eigenvalue weighted by Gasteiger charge is 2.38. The summed E-state index contributed by atoms with van der Waals surface area (Å²) in [6.07, 6.45) is 1.47. The first-order valence-corrected chi connectivity index (χ1v) is 25.6. The number of carbonyl (C=O) groups is 2. The predicted octanol–water partition coefficient (Wildman–Crippen LogP) is 8.62. The number of methoxy groups -OCH3 is 2. The van der Waals surface area contributed by atoms with Gasteiger partial charge in [0.1, 0.15) is 5.82 Å². The maximum absolute atomic E-state index is 13.0. The molecule has 6 aromatic rings. The van der Waals surface area contributed by atoms with Gasteiger partial charge in [0, 0.05) is 95.9 Å². The monoisotopic (exact) mass is 964 g/mol. The summed E-state index contributed by atoms with van der Waals surface area (Å²) in [5, 5.41) is 22.3. The summed E-state index contributed by atoms with van der Waals surface area (Å²) in [7, 11) is 7.19. The standard InChI is InChI=1S/C49H60N6O11Si2/c1-59-42-29-39(30-43(60-2)46(42)56)47-54-44(37-17-21-40(22-18-37)52-48(57)50-31-35-13-9-33(10-14-35)25-27-67(61-3,62-4)63-5)45(55-47)38-19-23-41(24-20-38)53-49(58)51-32-36-15-11-34(12-16-36)26-28-68(64-6,65-7)66-8/h9-24,29-30,56H,25-28,31-32H2,1-8H3,(H,54,55)(H2,50,52,57)(H2,51,53,58). The third-order valence-electron chi connectivity index (χ3n) is 11.6. The van der Waals surface area contributed by atoms with Crippen molar-refractivity contribution < 1.29 is 50.7 Å². The van der Waals surface area contributed by atoms with Crippen LogP contribution in [0.3, 0.4) is 0 Å². The van der Waals surface area contributed by atoms with E-state index in [4.69, 9.17) is 41.0 Å². The summed E-state index contributed by atoms with van der Waals surface area (Å²) >= 11 is 0. The Balaban J connectivity index is 1.11. The molecular weight excluding hydrogens is 905 g/mol. The van der Waals surface area contributed by atoms with E-state index in [2.05, 4.69) is 26.3 Å². The maximum atomic E-state index is 13.0. The summed E-state index contributed by atoms with van der Waals surface area (Å²) in [5.41, 5.74) is 8.74. The van der Waals surface area contributed by atoms with Crippen molar-refractivity contribution >= 4 is 41.0 Å². The van der Waals surface area contributed by atoms with E-state index >= 15 is 0 Å². The number of ether oxygens (including phenoxy) is 2. The van der Waals surface area contributed by atoms with Crippen LogP contribution in [0.2, 0.25) is 12.1 Å². The number of nitrogens with zero attached hydrogens (tertiary/aromatic N) is 1. The van der Waals surface area contributed by atoms with Crippen LogP contribution < -0.4 is 30.7 Å². The largest absolute Gasteiger partial charge is 0.502 e. The molecule has 68 heavy (non-hydrogen) atoms. The molecule has 4 amide bonds. The third kappa shape index (κ3) is 12.9. The minimum Gasteiger partial charge on any atom is -0.502 e. The average Bonchev–Trinajstić information content (AvgIpc) is 3.83. The first kappa shape index (κ1) is 50.8. The smallest absolute Gasteiger partial charge is 0.500 e. The van der Waals surface area contributed by atoms with Crippen LogP contribution in [-0.4, -0.2) is 102 Å². The Labute approximate surface area is 399 Å². The number of aromatic amines is 1. The summed E-state index contributed by atoms with van der Waals surface area (Å²) in [4.78, 5) is 34.4. The number of aromatic nitrogens is 2. The molecule has 0 saturated heterocycles. The molecule has 6 N–H and O–H groups in total. The number of urea groups is 2. The molecule has 0 aliphatic carbocycles. The molecule has 17 nitrogen and oxygen atoms in total. The Hall–Kier alpha value is -6.56. The molecule has 360 valence electrons. The second kappa shape index (κ2) is 23.9. The van der Waals surface area contributed by atoms with Crippen LogP contribution in [-0.2, 0) is 52.5 Å². The fourth-order valence-electron chi connectivity index (χ4n) is 7.46. The quantitative estimate of drug-likeness (QED) is 0.0334. The number of aromatic hydroxyl groups is 1. The molecule has 0 spiro atoms. The topological polar surface area (TPSA) is 205 Å². The van der Waals surface area contributed by atoms with Crippen LogP contribution in [0.4, 0.5) is 21.0 Å². The number of nitrogens with one attached hydrogen (secondary N) is 5. The molecular formula is C49H60N6O11Si2. The summed E-state index contributed by atoms with van der Waals surface area (Å²) in [6, 6.07) is 34.6. The molecule has 0 atom stereocenters. The van der Waals surface area contributed by atoms with Gasteiger partial charge in [0.05, 0.1) is 25.6 Å². The van der Waals surface area contributed by atoms with Gasteiger partial charge in [-0.2, -0.15) is 0 Å². The van der Waals surface area contributed by atoms with Crippen molar-refractivity contribution in [1.29, 1.82) is 0 Å². The molecule has 1 heterocycles. The van der Waals surface area contributed by atoms with Gasteiger partial charge in [-0.05, 0) is 71.5 Å². The molecule has 0 fully saturated rings. The number of imidazole rings is 1.